The van der Waals surface area contributed by atoms with Crippen LogP contribution < -0.4 is 10.2 Å². The molecule has 2 unspecified atom stereocenters. The van der Waals surface area contributed by atoms with Crippen molar-refractivity contribution in [3.63, 3.8) is 0 Å². The number of rotatable bonds is 5. The summed E-state index contributed by atoms with van der Waals surface area (Å²) in [4.78, 5) is 29.7. The quantitative estimate of drug-likeness (QED) is 0.334. The molecule has 2 amide bonds. The van der Waals surface area contributed by atoms with Crippen LogP contribution in [0.25, 0.3) is 0 Å². The lowest BCUT2D eigenvalue weighted by molar-refractivity contribution is 0.102. The lowest BCUT2D eigenvalue weighted by Gasteiger charge is -2.40. The zero-order valence-electron chi connectivity index (χ0n) is 17.8. The van der Waals surface area contributed by atoms with E-state index in [0.29, 0.717) is 17.0 Å². The Kier molecular flexibility index (Phi) is 6.37. The van der Waals surface area contributed by atoms with E-state index in [9.17, 15) is 9.59 Å². The van der Waals surface area contributed by atoms with Crippen molar-refractivity contribution in [2.24, 2.45) is 0 Å². The molecule has 33 heavy (non-hydrogen) atoms. The molecule has 3 aromatic rings. The molecule has 3 aromatic carbocycles. The van der Waals surface area contributed by atoms with Gasteiger partial charge in [-0.3, -0.25) is 9.69 Å². The Bertz CT molecular complexity index is 1240. The van der Waals surface area contributed by atoms with Gasteiger partial charge in [-0.1, -0.05) is 72.8 Å². The predicted octanol–water partition coefficient (Wildman–Crippen LogP) is 6.67. The van der Waals surface area contributed by atoms with Crippen LogP contribution in [0.2, 0.25) is 0 Å². The second-order valence-corrected chi connectivity index (χ2v) is 9.99. The molecule has 0 spiro atoms. The Morgan fingerprint density at radius 3 is 2.58 bits per heavy atom. The summed E-state index contributed by atoms with van der Waals surface area (Å²) in [5.41, 5.74) is 2.33. The summed E-state index contributed by atoms with van der Waals surface area (Å²) in [7, 11) is 0. The maximum Gasteiger partial charge on any atom is 0.326 e. The van der Waals surface area contributed by atoms with Crippen molar-refractivity contribution >= 4 is 46.7 Å². The lowest BCUT2D eigenvalue weighted by atomic mass is 10.1. The van der Waals surface area contributed by atoms with Crippen LogP contribution in [0.4, 0.5) is 16.2 Å². The zero-order valence-corrected chi connectivity index (χ0v) is 19.4. The highest BCUT2D eigenvalue weighted by Gasteiger charge is 2.36. The topological polar surface area (TPSA) is 49.4 Å². The number of nitrogens with zero attached hydrogens (tertiary/aromatic N) is 1. The minimum absolute atomic E-state index is 0.0454. The average Bonchev–Trinajstić information content (AvgIpc) is 2.86. The number of carbonyl (C=O) groups is 2. The number of benzene rings is 3. The molecular weight excluding hydrogens is 448 g/mol. The molecule has 0 aromatic heterocycles. The summed E-state index contributed by atoms with van der Waals surface area (Å²) in [5, 5.41) is 3.25. The maximum absolute atomic E-state index is 13.4. The number of hydrogen-bond acceptors (Lipinski definition) is 4. The fourth-order valence-corrected chi connectivity index (χ4v) is 6.04. The van der Waals surface area contributed by atoms with Gasteiger partial charge in [0.2, 0.25) is 0 Å². The molecule has 1 N–H and O–H groups in total. The number of allylic oxidation sites excluding steroid dienone is 2. The van der Waals surface area contributed by atoms with Gasteiger partial charge in [-0.05, 0) is 30.3 Å². The molecule has 1 aliphatic carbocycles. The summed E-state index contributed by atoms with van der Waals surface area (Å²) in [5.74, 6) is 0.430. The molecule has 0 bridgehead atoms. The van der Waals surface area contributed by atoms with Crippen molar-refractivity contribution in [3.8, 4) is 0 Å². The zero-order chi connectivity index (χ0) is 22.6. The van der Waals surface area contributed by atoms with E-state index >= 15 is 0 Å². The number of anilines is 2. The monoisotopic (exact) mass is 470 g/mol. The third-order valence-electron chi connectivity index (χ3n) is 5.51. The number of Topliss-reactive ketones (excluding diaryl/α,β-unsaturated/α-hetero) is 1. The molecule has 2 aliphatic rings. The fraction of sp³-hybridized carbons (Fsp3) is 0.111. The molecule has 0 radical (unpaired) electrons. The standard InChI is InChI=1S/C27H22N2O2S2/c30-24(19-9-2-1-3-10-19)18-32-21-12-8-11-20(17-21)28-27(31)29-22-13-4-6-15-25(22)33-26-16-7-5-14-23(26)29/h1-17,22,25H,18H2,(H,28,31). The number of fused-ring (bicyclic) bond motifs is 2. The Labute approximate surface area is 201 Å². The predicted molar refractivity (Wildman–Crippen MR) is 138 cm³/mol. The van der Waals surface area contributed by atoms with Crippen molar-refractivity contribution in [2.45, 2.75) is 21.1 Å². The van der Waals surface area contributed by atoms with E-state index in [1.54, 1.807) is 11.8 Å². The van der Waals surface area contributed by atoms with E-state index in [2.05, 4.69) is 23.5 Å². The van der Waals surface area contributed by atoms with Gasteiger partial charge in [0, 0.05) is 21.0 Å². The first kappa shape index (κ1) is 21.6. The van der Waals surface area contributed by atoms with Crippen LogP contribution in [0.5, 0.6) is 0 Å². The van der Waals surface area contributed by atoms with Crippen LogP contribution in [0.1, 0.15) is 10.4 Å². The van der Waals surface area contributed by atoms with Gasteiger partial charge in [0.25, 0.3) is 0 Å². The number of hydrogen-bond donors (Lipinski definition) is 1. The summed E-state index contributed by atoms with van der Waals surface area (Å²) in [6.07, 6.45) is 8.26. The largest absolute Gasteiger partial charge is 0.326 e. The van der Waals surface area contributed by atoms with Gasteiger partial charge < -0.3 is 5.32 Å². The minimum Gasteiger partial charge on any atom is -0.307 e. The summed E-state index contributed by atoms with van der Waals surface area (Å²) in [6, 6.07) is 24.7. The van der Waals surface area contributed by atoms with E-state index in [1.165, 1.54) is 11.8 Å². The van der Waals surface area contributed by atoms with Crippen molar-refractivity contribution in [1.82, 2.24) is 0 Å². The lowest BCUT2D eigenvalue weighted by Crippen LogP contribution is -2.49. The molecule has 5 rings (SSSR count). The number of thioether (sulfide) groups is 2. The number of urea groups is 1. The number of carbonyl (C=O) groups excluding carboxylic acids is 2. The summed E-state index contributed by atoms with van der Waals surface area (Å²) in [6.45, 7) is 0. The van der Waals surface area contributed by atoms with E-state index < -0.39 is 0 Å². The molecule has 164 valence electrons. The van der Waals surface area contributed by atoms with Crippen LogP contribution in [-0.2, 0) is 0 Å². The van der Waals surface area contributed by atoms with Gasteiger partial charge >= 0.3 is 6.03 Å². The Hall–Kier alpha value is -3.22. The highest BCUT2D eigenvalue weighted by atomic mass is 32.2. The van der Waals surface area contributed by atoms with Crippen molar-refractivity contribution in [2.75, 3.05) is 16.0 Å². The highest BCUT2D eigenvalue weighted by molar-refractivity contribution is 8.00. The third kappa shape index (κ3) is 4.77. The average molecular weight is 471 g/mol. The van der Waals surface area contributed by atoms with Crippen LogP contribution in [0.15, 0.2) is 113 Å². The van der Waals surface area contributed by atoms with Crippen LogP contribution in [0, 0.1) is 0 Å². The van der Waals surface area contributed by atoms with E-state index in [-0.39, 0.29) is 23.1 Å². The molecule has 1 heterocycles. The second kappa shape index (κ2) is 9.73. The first-order chi connectivity index (χ1) is 16.2. The van der Waals surface area contributed by atoms with E-state index in [4.69, 9.17) is 0 Å². The molecule has 2 atom stereocenters. The molecule has 0 saturated heterocycles. The van der Waals surface area contributed by atoms with Crippen LogP contribution in [-0.4, -0.2) is 28.9 Å². The number of ketones is 1. The number of nitrogens with one attached hydrogen (secondary N) is 1. The normalized spacial score (nSPS) is 18.4. The van der Waals surface area contributed by atoms with Crippen LogP contribution >= 0.6 is 23.5 Å². The molecule has 1 aliphatic heterocycles. The molecule has 6 heteroatoms. The van der Waals surface area contributed by atoms with Gasteiger partial charge in [0.05, 0.1) is 22.7 Å². The fourth-order valence-electron chi connectivity index (χ4n) is 3.93. The molecule has 4 nitrogen and oxygen atoms in total. The van der Waals surface area contributed by atoms with Gasteiger partial charge in [0.1, 0.15) is 0 Å². The van der Waals surface area contributed by atoms with Gasteiger partial charge in [0.15, 0.2) is 5.78 Å². The first-order valence-corrected chi connectivity index (χ1v) is 12.6. The smallest absolute Gasteiger partial charge is 0.307 e. The van der Waals surface area contributed by atoms with Crippen molar-refractivity contribution in [1.29, 1.82) is 0 Å². The van der Waals surface area contributed by atoms with Crippen molar-refractivity contribution in [3.05, 3.63) is 109 Å². The van der Waals surface area contributed by atoms with Gasteiger partial charge in [-0.15, -0.1) is 23.5 Å². The molecular formula is C27H22N2O2S2. The van der Waals surface area contributed by atoms with Crippen LogP contribution in [0.3, 0.4) is 0 Å². The van der Waals surface area contributed by atoms with Crippen molar-refractivity contribution < 1.29 is 9.59 Å². The van der Waals surface area contributed by atoms with Gasteiger partial charge in [-0.25, -0.2) is 4.79 Å². The first-order valence-electron chi connectivity index (χ1n) is 10.7. The van der Waals surface area contributed by atoms with E-state index in [0.717, 1.165) is 15.5 Å². The molecule has 0 saturated carbocycles. The maximum atomic E-state index is 13.4. The van der Waals surface area contributed by atoms with Gasteiger partial charge in [-0.2, -0.15) is 0 Å². The second-order valence-electron chi connectivity index (χ2n) is 7.72. The minimum atomic E-state index is -0.166. The Morgan fingerprint density at radius 1 is 0.909 bits per heavy atom. The SMILES string of the molecule is O=C(CSc1cccc(NC(=O)N2c3ccccc3SC3C=CC=CC32)c1)c1ccccc1. The summed E-state index contributed by atoms with van der Waals surface area (Å²) >= 11 is 3.25. The number of para-hydroxylation sites is 1. The molecule has 0 fully saturated rings. The highest BCUT2D eigenvalue weighted by Crippen LogP contribution is 2.43. The summed E-state index contributed by atoms with van der Waals surface area (Å²) < 4.78 is 0. The number of amides is 2. The van der Waals surface area contributed by atoms with E-state index in [1.807, 2.05) is 89.8 Å². The Morgan fingerprint density at radius 2 is 1.70 bits per heavy atom. The third-order valence-corrected chi connectivity index (χ3v) is 7.81. The Balaban J connectivity index is 1.31.